The molecule has 142 valence electrons. The maximum atomic E-state index is 11.7. The predicted molar refractivity (Wildman–Crippen MR) is 98.0 cm³/mol. The Balaban J connectivity index is 1.64. The molecule has 2 rings (SSSR count). The van der Waals surface area contributed by atoms with Crippen LogP contribution in [-0.4, -0.2) is 45.0 Å². The van der Waals surface area contributed by atoms with E-state index in [2.05, 4.69) is 5.32 Å². The molecule has 0 atom stereocenters. The minimum absolute atomic E-state index is 0.286. The number of rotatable bonds is 10. The van der Waals surface area contributed by atoms with Crippen LogP contribution in [0.15, 0.2) is 48.5 Å². The average Bonchev–Trinajstić information content (AvgIpc) is 2.71. The molecule has 2 aromatic rings. The Morgan fingerprint density at radius 1 is 1.04 bits per heavy atom. The van der Waals surface area contributed by atoms with Crippen LogP contribution in [0.5, 0.6) is 11.5 Å². The SMILES string of the molecule is COc1ccc(CCNC(=O)COC(=O)COc2ccccc2C=O)cc1. The smallest absolute Gasteiger partial charge is 0.344 e. The lowest BCUT2D eigenvalue weighted by molar-refractivity contribution is -0.150. The molecule has 0 aliphatic rings. The first-order valence-corrected chi connectivity index (χ1v) is 8.34. The first-order chi connectivity index (χ1) is 13.1. The number of carbonyl (C=O) groups excluding carboxylic acids is 3. The fraction of sp³-hybridized carbons (Fsp3) is 0.250. The summed E-state index contributed by atoms with van der Waals surface area (Å²) in [6, 6.07) is 14.0. The number of nitrogens with one attached hydrogen (secondary N) is 1. The molecule has 0 fully saturated rings. The largest absolute Gasteiger partial charge is 0.497 e. The number of amides is 1. The molecule has 0 aliphatic heterocycles. The number of carbonyl (C=O) groups is 3. The van der Waals surface area contributed by atoms with Gasteiger partial charge in [-0.15, -0.1) is 0 Å². The van der Waals surface area contributed by atoms with Crippen LogP contribution in [0.2, 0.25) is 0 Å². The minimum Gasteiger partial charge on any atom is -0.497 e. The third-order valence-electron chi connectivity index (χ3n) is 3.65. The second-order valence-corrected chi connectivity index (χ2v) is 5.55. The van der Waals surface area contributed by atoms with Gasteiger partial charge in [-0.3, -0.25) is 9.59 Å². The van der Waals surface area contributed by atoms with Crippen LogP contribution >= 0.6 is 0 Å². The lowest BCUT2D eigenvalue weighted by atomic mass is 10.1. The molecule has 1 amide bonds. The molecule has 0 aromatic heterocycles. The van der Waals surface area contributed by atoms with Gasteiger partial charge in [-0.1, -0.05) is 24.3 Å². The summed E-state index contributed by atoms with van der Waals surface area (Å²) < 4.78 is 15.2. The molecule has 0 spiro atoms. The van der Waals surface area contributed by atoms with Gasteiger partial charge in [-0.2, -0.15) is 0 Å². The van der Waals surface area contributed by atoms with Gasteiger partial charge in [0.1, 0.15) is 11.5 Å². The summed E-state index contributed by atoms with van der Waals surface area (Å²) in [5, 5.41) is 2.67. The molecule has 7 nitrogen and oxygen atoms in total. The molecule has 0 saturated heterocycles. The molecule has 0 saturated carbocycles. The van der Waals surface area contributed by atoms with Crippen molar-refractivity contribution in [3.8, 4) is 11.5 Å². The van der Waals surface area contributed by atoms with Gasteiger partial charge in [0.25, 0.3) is 5.91 Å². The van der Waals surface area contributed by atoms with Crippen LogP contribution in [0, 0.1) is 0 Å². The van der Waals surface area contributed by atoms with Gasteiger partial charge in [0.15, 0.2) is 19.5 Å². The van der Waals surface area contributed by atoms with Crippen molar-refractivity contribution in [1.82, 2.24) is 5.32 Å². The summed E-state index contributed by atoms with van der Waals surface area (Å²) in [6.07, 6.45) is 1.28. The van der Waals surface area contributed by atoms with Crippen molar-refractivity contribution >= 4 is 18.2 Å². The highest BCUT2D eigenvalue weighted by Crippen LogP contribution is 2.15. The Bertz CT molecular complexity index is 772. The number of para-hydroxylation sites is 1. The van der Waals surface area contributed by atoms with E-state index in [4.69, 9.17) is 14.2 Å². The van der Waals surface area contributed by atoms with Crippen LogP contribution in [-0.2, 0) is 20.7 Å². The average molecular weight is 371 g/mol. The molecule has 0 radical (unpaired) electrons. The summed E-state index contributed by atoms with van der Waals surface area (Å²) in [7, 11) is 1.60. The van der Waals surface area contributed by atoms with Crippen molar-refractivity contribution < 1.29 is 28.6 Å². The van der Waals surface area contributed by atoms with Gasteiger partial charge in [0.2, 0.25) is 0 Å². The van der Waals surface area contributed by atoms with Crippen LogP contribution < -0.4 is 14.8 Å². The van der Waals surface area contributed by atoms with Crippen molar-refractivity contribution in [3.05, 3.63) is 59.7 Å². The van der Waals surface area contributed by atoms with Crippen LogP contribution in [0.3, 0.4) is 0 Å². The van der Waals surface area contributed by atoms with Crippen molar-refractivity contribution in [2.24, 2.45) is 0 Å². The zero-order valence-corrected chi connectivity index (χ0v) is 15.0. The van der Waals surface area contributed by atoms with E-state index < -0.39 is 11.9 Å². The molecule has 0 unspecified atom stereocenters. The number of benzene rings is 2. The normalized spacial score (nSPS) is 9.96. The summed E-state index contributed by atoms with van der Waals surface area (Å²) in [5.41, 5.74) is 1.39. The van der Waals surface area contributed by atoms with E-state index in [-0.39, 0.29) is 19.0 Å². The molecule has 0 aliphatic carbocycles. The van der Waals surface area contributed by atoms with Gasteiger partial charge in [0, 0.05) is 6.54 Å². The Hall–Kier alpha value is -3.35. The monoisotopic (exact) mass is 371 g/mol. The van der Waals surface area contributed by atoms with Crippen LogP contribution in [0.1, 0.15) is 15.9 Å². The number of hydrogen-bond acceptors (Lipinski definition) is 6. The van der Waals surface area contributed by atoms with Crippen molar-refractivity contribution in [2.45, 2.75) is 6.42 Å². The lowest BCUT2D eigenvalue weighted by Crippen LogP contribution is -2.31. The van der Waals surface area contributed by atoms with Crippen molar-refractivity contribution in [2.75, 3.05) is 26.9 Å². The van der Waals surface area contributed by atoms with Gasteiger partial charge in [0.05, 0.1) is 12.7 Å². The number of hydrogen-bond donors (Lipinski definition) is 1. The minimum atomic E-state index is -0.694. The first kappa shape index (κ1) is 20.0. The fourth-order valence-corrected chi connectivity index (χ4v) is 2.22. The van der Waals surface area contributed by atoms with Gasteiger partial charge >= 0.3 is 5.97 Å². The molecular weight excluding hydrogens is 350 g/mol. The molecule has 1 N–H and O–H groups in total. The molecule has 7 heteroatoms. The number of aldehydes is 1. The quantitative estimate of drug-likeness (QED) is 0.506. The highest BCUT2D eigenvalue weighted by molar-refractivity contribution is 5.81. The van der Waals surface area contributed by atoms with E-state index in [0.717, 1.165) is 11.3 Å². The molecule has 0 heterocycles. The van der Waals surface area contributed by atoms with E-state index in [1.165, 1.54) is 0 Å². The second-order valence-electron chi connectivity index (χ2n) is 5.55. The summed E-state index contributed by atoms with van der Waals surface area (Å²) >= 11 is 0. The summed E-state index contributed by atoms with van der Waals surface area (Å²) in [5.74, 6) is -0.0350. The maximum Gasteiger partial charge on any atom is 0.344 e. The maximum absolute atomic E-state index is 11.7. The Kier molecular flexibility index (Phi) is 7.84. The fourth-order valence-electron chi connectivity index (χ4n) is 2.22. The van der Waals surface area contributed by atoms with E-state index >= 15 is 0 Å². The number of esters is 1. The summed E-state index contributed by atoms with van der Waals surface area (Å²) in [6.45, 7) is -0.351. The highest BCUT2D eigenvalue weighted by atomic mass is 16.6. The van der Waals surface area contributed by atoms with Crippen LogP contribution in [0.4, 0.5) is 0 Å². The molecular formula is C20H21NO6. The van der Waals surface area contributed by atoms with E-state index in [9.17, 15) is 14.4 Å². The Labute approximate surface area is 157 Å². The van der Waals surface area contributed by atoms with E-state index in [1.54, 1.807) is 31.4 Å². The van der Waals surface area contributed by atoms with Crippen molar-refractivity contribution in [3.63, 3.8) is 0 Å². The van der Waals surface area contributed by atoms with E-state index in [1.807, 2.05) is 24.3 Å². The topological polar surface area (TPSA) is 90.9 Å². The lowest BCUT2D eigenvalue weighted by Gasteiger charge is -2.09. The van der Waals surface area contributed by atoms with Gasteiger partial charge in [-0.25, -0.2) is 4.79 Å². The zero-order chi connectivity index (χ0) is 19.5. The second kappa shape index (κ2) is 10.6. The molecule has 0 bridgehead atoms. The zero-order valence-electron chi connectivity index (χ0n) is 15.0. The third kappa shape index (κ3) is 6.81. The van der Waals surface area contributed by atoms with E-state index in [0.29, 0.717) is 24.8 Å². The Morgan fingerprint density at radius 2 is 1.78 bits per heavy atom. The molecule has 2 aromatic carbocycles. The summed E-state index contributed by atoms with van der Waals surface area (Å²) in [4.78, 5) is 34.2. The third-order valence-corrected chi connectivity index (χ3v) is 3.65. The standard InChI is InChI=1S/C20H21NO6/c1-25-17-8-6-15(7-9-17)10-11-21-19(23)13-27-20(24)14-26-18-5-3-2-4-16(18)12-22/h2-9,12H,10-11,13-14H2,1H3,(H,21,23). The number of ether oxygens (including phenoxy) is 3. The number of methoxy groups -OCH3 is 1. The van der Waals surface area contributed by atoms with Gasteiger partial charge in [-0.05, 0) is 36.2 Å². The van der Waals surface area contributed by atoms with Crippen LogP contribution in [0.25, 0.3) is 0 Å². The van der Waals surface area contributed by atoms with Gasteiger partial charge < -0.3 is 19.5 Å². The highest BCUT2D eigenvalue weighted by Gasteiger charge is 2.10. The van der Waals surface area contributed by atoms with Crippen molar-refractivity contribution in [1.29, 1.82) is 0 Å². The predicted octanol–water partition coefficient (Wildman–Crippen LogP) is 1.79. The first-order valence-electron chi connectivity index (χ1n) is 8.34. The Morgan fingerprint density at radius 3 is 2.48 bits per heavy atom. The molecule has 27 heavy (non-hydrogen) atoms.